The number of hydrogen-bond acceptors (Lipinski definition) is 9. The van der Waals surface area contributed by atoms with Gasteiger partial charge in [0, 0.05) is 55.6 Å². The maximum atomic E-state index is 9.66. The number of β-amino-alcohol motifs (C(OH)–C–C–N with tert-alkyl or cyclic N) is 1. The van der Waals surface area contributed by atoms with Crippen LogP contribution in [-0.4, -0.2) is 58.6 Å². The zero-order valence-electron chi connectivity index (χ0n) is 18.0. The summed E-state index contributed by atoms with van der Waals surface area (Å²) >= 11 is 0. The highest BCUT2D eigenvalue weighted by atomic mass is 16.5. The van der Waals surface area contributed by atoms with Gasteiger partial charge in [-0.15, -0.1) is 0 Å². The molecule has 2 aromatic heterocycles. The van der Waals surface area contributed by atoms with Crippen molar-refractivity contribution in [2.75, 3.05) is 36.5 Å². The molecule has 0 radical (unpaired) electrons. The Morgan fingerprint density at radius 1 is 1.09 bits per heavy atom. The van der Waals surface area contributed by atoms with E-state index in [1.54, 1.807) is 24.5 Å². The van der Waals surface area contributed by atoms with Gasteiger partial charge in [-0.25, -0.2) is 15.0 Å². The van der Waals surface area contributed by atoms with Gasteiger partial charge >= 0.3 is 0 Å². The molecular weight excluding hydrogens is 420 g/mol. The van der Waals surface area contributed by atoms with Crippen LogP contribution in [0, 0.1) is 11.3 Å². The van der Waals surface area contributed by atoms with Crippen LogP contribution in [0.15, 0.2) is 48.8 Å². The summed E-state index contributed by atoms with van der Waals surface area (Å²) in [4.78, 5) is 15.3. The van der Waals surface area contributed by atoms with Crippen molar-refractivity contribution in [2.24, 2.45) is 0 Å². The van der Waals surface area contributed by atoms with Crippen LogP contribution >= 0.6 is 0 Å². The van der Waals surface area contributed by atoms with Crippen LogP contribution in [0.3, 0.4) is 0 Å². The summed E-state index contributed by atoms with van der Waals surface area (Å²) in [6.45, 7) is 2.52. The Balaban J connectivity index is 1.32. The third-order valence-corrected chi connectivity index (χ3v) is 5.70. The number of pyridine rings is 1. The third kappa shape index (κ3) is 4.87. The lowest BCUT2D eigenvalue weighted by Crippen LogP contribution is -2.51. The van der Waals surface area contributed by atoms with E-state index in [9.17, 15) is 10.4 Å². The zero-order chi connectivity index (χ0) is 22.6. The fraction of sp³-hybridized carbons (Fsp3) is 0.333. The van der Waals surface area contributed by atoms with Crippen molar-refractivity contribution in [1.29, 1.82) is 5.26 Å². The van der Waals surface area contributed by atoms with Crippen molar-refractivity contribution < 1.29 is 14.6 Å². The molecule has 5 rings (SSSR count). The Hall–Kier alpha value is -3.74. The maximum Gasteiger partial charge on any atom is 0.227 e. The molecule has 3 aromatic rings. The summed E-state index contributed by atoms with van der Waals surface area (Å²) in [5.74, 6) is 1.82. The van der Waals surface area contributed by atoms with E-state index in [4.69, 9.17) is 9.47 Å². The summed E-state index contributed by atoms with van der Waals surface area (Å²) in [5.41, 5.74) is 2.78. The highest BCUT2D eigenvalue weighted by Gasteiger charge is 2.25. The first-order valence-electron chi connectivity index (χ1n) is 11.0. The number of nitrogens with one attached hydrogen (secondary N) is 1. The van der Waals surface area contributed by atoms with Gasteiger partial charge in [-0.3, -0.25) is 0 Å². The predicted molar refractivity (Wildman–Crippen MR) is 122 cm³/mol. The molecule has 9 nitrogen and oxygen atoms in total. The van der Waals surface area contributed by atoms with Crippen molar-refractivity contribution in [2.45, 2.75) is 25.0 Å². The average Bonchev–Trinajstić information content (AvgIpc) is 2.83. The second-order valence-electron chi connectivity index (χ2n) is 8.10. The van der Waals surface area contributed by atoms with Crippen molar-refractivity contribution in [1.82, 2.24) is 15.0 Å². The molecule has 2 saturated heterocycles. The van der Waals surface area contributed by atoms with E-state index < -0.39 is 0 Å². The van der Waals surface area contributed by atoms with Crippen LogP contribution in [0.1, 0.15) is 18.4 Å². The standard InChI is InChI=1S/C24H24N6O3/c25-13-17-11-16(1-2-22(17)33-20-5-9-32-10-6-20)21-4-8-27-24(29-21)28-18-3-7-26-23(12-18)30-14-19(31)15-30/h1-4,7-8,11-12,19-20,31H,5-6,9-10,14-15H2,(H,26,27,28,29). The summed E-state index contributed by atoms with van der Waals surface area (Å²) in [6, 6.07) is 13.3. The van der Waals surface area contributed by atoms with E-state index in [-0.39, 0.29) is 12.2 Å². The lowest BCUT2D eigenvalue weighted by molar-refractivity contribution is 0.0254. The second-order valence-corrected chi connectivity index (χ2v) is 8.10. The monoisotopic (exact) mass is 444 g/mol. The van der Waals surface area contributed by atoms with Gasteiger partial charge < -0.3 is 24.8 Å². The van der Waals surface area contributed by atoms with Crippen molar-refractivity contribution in [3.63, 3.8) is 0 Å². The van der Waals surface area contributed by atoms with Gasteiger partial charge in [0.1, 0.15) is 23.7 Å². The molecule has 4 heterocycles. The molecule has 0 bridgehead atoms. The van der Waals surface area contributed by atoms with Crippen LogP contribution < -0.4 is 15.0 Å². The van der Waals surface area contributed by atoms with E-state index in [0.717, 1.165) is 29.9 Å². The lowest BCUT2D eigenvalue weighted by atomic mass is 10.1. The molecule has 0 amide bonds. The van der Waals surface area contributed by atoms with Gasteiger partial charge in [0.25, 0.3) is 0 Å². The number of nitriles is 1. The summed E-state index contributed by atoms with van der Waals surface area (Å²) < 4.78 is 11.4. The topological polar surface area (TPSA) is 116 Å². The molecule has 0 saturated carbocycles. The van der Waals surface area contributed by atoms with Gasteiger partial charge in [0.15, 0.2) is 0 Å². The number of rotatable bonds is 6. The van der Waals surface area contributed by atoms with E-state index in [1.807, 2.05) is 29.2 Å². The zero-order valence-corrected chi connectivity index (χ0v) is 18.0. The maximum absolute atomic E-state index is 9.66. The van der Waals surface area contributed by atoms with E-state index in [2.05, 4.69) is 26.3 Å². The first kappa shape index (κ1) is 21.1. The van der Waals surface area contributed by atoms with Crippen LogP contribution in [0.2, 0.25) is 0 Å². The largest absolute Gasteiger partial charge is 0.489 e. The third-order valence-electron chi connectivity index (χ3n) is 5.70. The van der Waals surface area contributed by atoms with Crippen LogP contribution in [0.5, 0.6) is 5.75 Å². The first-order chi connectivity index (χ1) is 16.2. The molecule has 1 aromatic carbocycles. The van der Waals surface area contributed by atoms with Crippen molar-refractivity contribution >= 4 is 17.5 Å². The molecule has 2 aliphatic heterocycles. The number of aromatic nitrogens is 3. The molecule has 2 aliphatic rings. The Morgan fingerprint density at radius 2 is 1.91 bits per heavy atom. The molecule has 168 valence electrons. The van der Waals surface area contributed by atoms with Crippen LogP contribution in [-0.2, 0) is 4.74 Å². The Bertz CT molecular complexity index is 1170. The second kappa shape index (κ2) is 9.40. The molecule has 0 atom stereocenters. The Morgan fingerprint density at radius 3 is 2.70 bits per heavy atom. The van der Waals surface area contributed by atoms with Crippen molar-refractivity contribution in [3.8, 4) is 23.1 Å². The number of hydrogen-bond donors (Lipinski definition) is 2. The van der Waals surface area contributed by atoms with Gasteiger partial charge in [0.2, 0.25) is 5.95 Å². The fourth-order valence-corrected chi connectivity index (χ4v) is 3.87. The molecule has 33 heavy (non-hydrogen) atoms. The fourth-order valence-electron chi connectivity index (χ4n) is 3.87. The molecule has 0 aliphatic carbocycles. The van der Waals surface area contributed by atoms with E-state index in [0.29, 0.717) is 49.3 Å². The lowest BCUT2D eigenvalue weighted by Gasteiger charge is -2.36. The number of benzene rings is 1. The van der Waals surface area contributed by atoms with Crippen LogP contribution in [0.25, 0.3) is 11.3 Å². The van der Waals surface area contributed by atoms with E-state index >= 15 is 0 Å². The molecular formula is C24H24N6O3. The highest BCUT2D eigenvalue weighted by molar-refractivity contribution is 5.66. The number of anilines is 3. The van der Waals surface area contributed by atoms with E-state index in [1.165, 1.54) is 0 Å². The summed E-state index contributed by atoms with van der Waals surface area (Å²) in [5, 5.41) is 22.4. The first-order valence-corrected chi connectivity index (χ1v) is 11.0. The Kier molecular flexibility index (Phi) is 6.02. The SMILES string of the molecule is N#Cc1cc(-c2ccnc(Nc3ccnc(N4CC(O)C4)c3)n2)ccc1OC1CCOCC1. The minimum Gasteiger partial charge on any atom is -0.489 e. The molecule has 9 heteroatoms. The quantitative estimate of drug-likeness (QED) is 0.592. The summed E-state index contributed by atoms with van der Waals surface area (Å²) in [6.07, 6.45) is 4.80. The van der Waals surface area contributed by atoms with Gasteiger partial charge in [-0.05, 0) is 30.3 Å². The molecule has 0 spiro atoms. The highest BCUT2D eigenvalue weighted by Crippen LogP contribution is 2.28. The number of nitrogens with zero attached hydrogens (tertiary/aromatic N) is 5. The van der Waals surface area contributed by atoms with Gasteiger partial charge in [-0.1, -0.05) is 0 Å². The number of ether oxygens (including phenoxy) is 2. The minimum atomic E-state index is -0.296. The number of aliphatic hydroxyl groups excluding tert-OH is 1. The molecule has 2 N–H and O–H groups in total. The minimum absolute atomic E-state index is 0.0660. The van der Waals surface area contributed by atoms with Crippen LogP contribution in [0.4, 0.5) is 17.5 Å². The number of aliphatic hydroxyl groups is 1. The molecule has 2 fully saturated rings. The van der Waals surface area contributed by atoms with Gasteiger partial charge in [-0.2, -0.15) is 5.26 Å². The smallest absolute Gasteiger partial charge is 0.227 e. The van der Waals surface area contributed by atoms with Crippen molar-refractivity contribution in [3.05, 3.63) is 54.4 Å². The van der Waals surface area contributed by atoms with Gasteiger partial charge in [0.05, 0.1) is 30.6 Å². The Labute approximate surface area is 191 Å². The normalized spacial score (nSPS) is 16.7. The predicted octanol–water partition coefficient (Wildman–Crippen LogP) is 2.89. The molecule has 0 unspecified atom stereocenters. The summed E-state index contributed by atoms with van der Waals surface area (Å²) in [7, 11) is 0. The average molecular weight is 444 g/mol.